The minimum Gasteiger partial charge on any atom is -0.452 e. The van der Waals surface area contributed by atoms with E-state index in [0.29, 0.717) is 0 Å². The van der Waals surface area contributed by atoms with Crippen LogP contribution in [0.25, 0.3) is 0 Å². The lowest BCUT2D eigenvalue weighted by molar-refractivity contribution is -0.126. The zero-order chi connectivity index (χ0) is 20.0. The summed E-state index contributed by atoms with van der Waals surface area (Å²) >= 11 is 0. The largest absolute Gasteiger partial charge is 0.452 e. The van der Waals surface area contributed by atoms with Gasteiger partial charge in [-0.3, -0.25) is 9.59 Å². The zero-order valence-electron chi connectivity index (χ0n) is 13.5. The second kappa shape index (κ2) is 8.79. The van der Waals surface area contributed by atoms with E-state index in [0.717, 1.165) is 36.4 Å². The van der Waals surface area contributed by atoms with Crippen molar-refractivity contribution in [1.29, 1.82) is 0 Å². The molecule has 2 amide bonds. The molecule has 27 heavy (non-hydrogen) atoms. The number of amides is 2. The van der Waals surface area contributed by atoms with Crippen molar-refractivity contribution in [2.24, 2.45) is 0 Å². The van der Waals surface area contributed by atoms with E-state index >= 15 is 0 Å². The third-order valence-electron chi connectivity index (χ3n) is 3.15. The average molecular weight is 384 g/mol. The Morgan fingerprint density at radius 1 is 0.852 bits per heavy atom. The van der Waals surface area contributed by atoms with Crippen molar-refractivity contribution in [2.45, 2.75) is 0 Å². The zero-order valence-corrected chi connectivity index (χ0v) is 13.5. The molecule has 6 nitrogen and oxygen atoms in total. The molecule has 0 aliphatic rings. The number of rotatable bonds is 6. The van der Waals surface area contributed by atoms with Gasteiger partial charge >= 0.3 is 5.97 Å². The van der Waals surface area contributed by atoms with Gasteiger partial charge in [-0.15, -0.1) is 0 Å². The number of benzene rings is 2. The molecule has 142 valence electrons. The normalized spacial score (nSPS) is 10.2. The van der Waals surface area contributed by atoms with Crippen LogP contribution in [0, 0.1) is 23.3 Å². The van der Waals surface area contributed by atoms with E-state index in [1.807, 2.05) is 0 Å². The van der Waals surface area contributed by atoms with Crippen LogP contribution in [0.3, 0.4) is 0 Å². The molecule has 0 radical (unpaired) electrons. The summed E-state index contributed by atoms with van der Waals surface area (Å²) in [6, 6.07) is 5.43. The van der Waals surface area contributed by atoms with Crippen LogP contribution in [-0.4, -0.2) is 30.9 Å². The van der Waals surface area contributed by atoms with Gasteiger partial charge in [-0.1, -0.05) is 6.07 Å². The van der Waals surface area contributed by atoms with Crippen molar-refractivity contribution in [3.8, 4) is 0 Å². The van der Waals surface area contributed by atoms with E-state index in [9.17, 15) is 31.9 Å². The number of ether oxygens (including phenoxy) is 1. The lowest BCUT2D eigenvalue weighted by Gasteiger charge is -2.08. The molecule has 0 spiro atoms. The van der Waals surface area contributed by atoms with Gasteiger partial charge in [0.05, 0.1) is 6.54 Å². The molecule has 0 fully saturated rings. The van der Waals surface area contributed by atoms with Crippen LogP contribution in [0.1, 0.15) is 10.4 Å². The smallest absolute Gasteiger partial charge is 0.344 e. The maximum atomic E-state index is 13.4. The third kappa shape index (κ3) is 5.53. The van der Waals surface area contributed by atoms with Crippen molar-refractivity contribution in [3.63, 3.8) is 0 Å². The fourth-order valence-corrected chi connectivity index (χ4v) is 1.91. The molecule has 0 heterocycles. The number of anilines is 1. The molecule has 10 heteroatoms. The van der Waals surface area contributed by atoms with Crippen molar-refractivity contribution in [3.05, 3.63) is 65.2 Å². The van der Waals surface area contributed by atoms with Crippen LogP contribution in [0.5, 0.6) is 0 Å². The average Bonchev–Trinajstić information content (AvgIpc) is 2.61. The topological polar surface area (TPSA) is 84.5 Å². The standard InChI is InChI=1S/C17H12F4N2O4/c18-10-5-4-9(6-13(10)21)23-14(24)7-22-15(25)8-27-17(26)16-11(19)2-1-3-12(16)20/h1-6H,7-8H2,(H,22,25)(H,23,24). The number of hydrogen-bond acceptors (Lipinski definition) is 4. The Kier molecular flexibility index (Phi) is 6.47. The maximum Gasteiger partial charge on any atom is 0.344 e. The van der Waals surface area contributed by atoms with Gasteiger partial charge in [-0.25, -0.2) is 22.4 Å². The van der Waals surface area contributed by atoms with Gasteiger partial charge in [0, 0.05) is 11.8 Å². The highest BCUT2D eigenvalue weighted by molar-refractivity contribution is 5.95. The predicted octanol–water partition coefficient (Wildman–Crippen LogP) is 2.15. The first kappa shape index (κ1) is 19.9. The first-order valence-corrected chi connectivity index (χ1v) is 7.40. The fourth-order valence-electron chi connectivity index (χ4n) is 1.91. The van der Waals surface area contributed by atoms with Crippen LogP contribution in [0.15, 0.2) is 36.4 Å². The van der Waals surface area contributed by atoms with Crippen molar-refractivity contribution < 1.29 is 36.7 Å². The van der Waals surface area contributed by atoms with Crippen LogP contribution in [0.4, 0.5) is 23.2 Å². The van der Waals surface area contributed by atoms with Crippen molar-refractivity contribution in [1.82, 2.24) is 5.32 Å². The Bertz CT molecular complexity index is 869. The summed E-state index contributed by atoms with van der Waals surface area (Å²) in [6.07, 6.45) is 0. The van der Waals surface area contributed by atoms with E-state index in [1.54, 1.807) is 0 Å². The van der Waals surface area contributed by atoms with Gasteiger partial charge in [0.2, 0.25) is 5.91 Å². The highest BCUT2D eigenvalue weighted by Gasteiger charge is 2.19. The second-order valence-corrected chi connectivity index (χ2v) is 5.13. The molecule has 2 aromatic rings. The third-order valence-corrected chi connectivity index (χ3v) is 3.15. The number of esters is 1. The lowest BCUT2D eigenvalue weighted by Crippen LogP contribution is -2.35. The van der Waals surface area contributed by atoms with Gasteiger partial charge < -0.3 is 15.4 Å². The molecular weight excluding hydrogens is 372 g/mol. The van der Waals surface area contributed by atoms with Crippen molar-refractivity contribution in [2.75, 3.05) is 18.5 Å². The van der Waals surface area contributed by atoms with Gasteiger partial charge in [0.1, 0.15) is 17.2 Å². The van der Waals surface area contributed by atoms with E-state index < -0.39 is 59.8 Å². The molecule has 0 bridgehead atoms. The van der Waals surface area contributed by atoms with Gasteiger partial charge in [0.15, 0.2) is 18.2 Å². The van der Waals surface area contributed by atoms with Gasteiger partial charge in [-0.2, -0.15) is 0 Å². The molecular formula is C17H12F4N2O4. The quantitative estimate of drug-likeness (QED) is 0.591. The molecule has 0 aliphatic carbocycles. The van der Waals surface area contributed by atoms with Crippen LogP contribution in [0.2, 0.25) is 0 Å². The van der Waals surface area contributed by atoms with E-state index in [-0.39, 0.29) is 5.69 Å². The fraction of sp³-hybridized carbons (Fsp3) is 0.118. The molecule has 2 N–H and O–H groups in total. The summed E-state index contributed by atoms with van der Waals surface area (Å²) in [5.74, 6) is -7.61. The maximum absolute atomic E-state index is 13.4. The summed E-state index contributed by atoms with van der Waals surface area (Å²) in [5.41, 5.74) is -0.976. The monoisotopic (exact) mass is 384 g/mol. The van der Waals surface area contributed by atoms with Gasteiger partial charge in [0.25, 0.3) is 5.91 Å². The number of hydrogen-bond donors (Lipinski definition) is 2. The molecule has 0 saturated carbocycles. The predicted molar refractivity (Wildman–Crippen MR) is 84.6 cm³/mol. The Morgan fingerprint density at radius 3 is 2.15 bits per heavy atom. The molecule has 2 aromatic carbocycles. The summed E-state index contributed by atoms with van der Waals surface area (Å²) in [7, 11) is 0. The number of carbonyl (C=O) groups is 3. The van der Waals surface area contributed by atoms with E-state index in [1.165, 1.54) is 0 Å². The second-order valence-electron chi connectivity index (χ2n) is 5.13. The molecule has 0 atom stereocenters. The van der Waals surface area contributed by atoms with E-state index in [4.69, 9.17) is 0 Å². The van der Waals surface area contributed by atoms with Gasteiger partial charge in [-0.05, 0) is 24.3 Å². The minimum absolute atomic E-state index is 0.0328. The summed E-state index contributed by atoms with van der Waals surface area (Å²) in [6.45, 7) is -1.45. The Labute approximate surface area is 150 Å². The molecule has 0 saturated heterocycles. The molecule has 2 rings (SSSR count). The Balaban J connectivity index is 1.79. The SMILES string of the molecule is O=C(COC(=O)c1c(F)cccc1F)NCC(=O)Nc1ccc(F)c(F)c1. The summed E-state index contributed by atoms with van der Waals surface area (Å²) < 4.78 is 57.1. The lowest BCUT2D eigenvalue weighted by atomic mass is 10.2. The first-order chi connectivity index (χ1) is 12.8. The highest BCUT2D eigenvalue weighted by Crippen LogP contribution is 2.14. The Hall–Kier alpha value is -3.43. The Morgan fingerprint density at radius 2 is 1.52 bits per heavy atom. The summed E-state index contributed by atoms with van der Waals surface area (Å²) in [5, 5.41) is 4.28. The molecule has 0 unspecified atom stereocenters. The van der Waals surface area contributed by atoms with E-state index in [2.05, 4.69) is 15.4 Å². The number of carbonyl (C=O) groups excluding carboxylic acids is 3. The first-order valence-electron chi connectivity index (χ1n) is 7.40. The van der Waals surface area contributed by atoms with Crippen LogP contribution in [-0.2, 0) is 14.3 Å². The van der Waals surface area contributed by atoms with Crippen LogP contribution < -0.4 is 10.6 Å². The summed E-state index contributed by atoms with van der Waals surface area (Å²) in [4.78, 5) is 34.8. The van der Waals surface area contributed by atoms with Crippen LogP contribution >= 0.6 is 0 Å². The molecule has 0 aromatic heterocycles. The number of nitrogens with one attached hydrogen (secondary N) is 2. The minimum atomic E-state index is -1.38. The highest BCUT2D eigenvalue weighted by atomic mass is 19.2. The van der Waals surface area contributed by atoms with Crippen molar-refractivity contribution >= 4 is 23.5 Å². The number of halogens is 4. The molecule has 0 aliphatic heterocycles.